The first kappa shape index (κ1) is 12.3. The Hall–Kier alpha value is -1.19. The number of nitrogens with zero attached hydrogens (tertiary/aromatic N) is 1. The van der Waals surface area contributed by atoms with Crippen molar-refractivity contribution in [3.8, 4) is 0 Å². The molecule has 1 aliphatic heterocycles. The molecule has 2 rings (SSSR count). The Bertz CT molecular complexity index is 356. The van der Waals surface area contributed by atoms with Crippen molar-refractivity contribution in [1.29, 1.82) is 0 Å². The van der Waals surface area contributed by atoms with Crippen molar-refractivity contribution in [2.75, 3.05) is 26.2 Å². The van der Waals surface area contributed by atoms with Crippen molar-refractivity contribution in [2.45, 2.75) is 12.8 Å². The van der Waals surface area contributed by atoms with Gasteiger partial charge in [0.25, 0.3) is 0 Å². The van der Waals surface area contributed by atoms with Crippen LogP contribution in [0, 0.1) is 5.92 Å². The minimum Gasteiger partial charge on any atom is -0.396 e. The second-order valence-electron chi connectivity index (χ2n) is 4.69. The Morgan fingerprint density at radius 3 is 2.47 bits per heavy atom. The average molecular weight is 233 g/mol. The van der Waals surface area contributed by atoms with Gasteiger partial charge in [0, 0.05) is 12.2 Å². The van der Waals surface area contributed by atoms with E-state index in [0.29, 0.717) is 12.5 Å². The first-order valence-electron chi connectivity index (χ1n) is 6.21. The number of aliphatic hydroxyl groups is 1. The van der Waals surface area contributed by atoms with Gasteiger partial charge < -0.3 is 5.11 Å². The summed E-state index contributed by atoms with van der Waals surface area (Å²) < 4.78 is 0. The van der Waals surface area contributed by atoms with Gasteiger partial charge in [-0.15, -0.1) is 0 Å². The van der Waals surface area contributed by atoms with Gasteiger partial charge in [0.15, 0.2) is 5.78 Å². The first-order valence-corrected chi connectivity index (χ1v) is 6.21. The van der Waals surface area contributed by atoms with Crippen molar-refractivity contribution >= 4 is 5.78 Å². The molecule has 1 heterocycles. The van der Waals surface area contributed by atoms with Crippen LogP contribution in [0.15, 0.2) is 30.3 Å². The van der Waals surface area contributed by atoms with Gasteiger partial charge in [0.2, 0.25) is 0 Å². The van der Waals surface area contributed by atoms with E-state index in [9.17, 15) is 4.79 Å². The topological polar surface area (TPSA) is 40.5 Å². The van der Waals surface area contributed by atoms with Crippen LogP contribution in [-0.2, 0) is 0 Å². The van der Waals surface area contributed by atoms with E-state index in [1.165, 1.54) is 0 Å². The van der Waals surface area contributed by atoms with E-state index in [0.717, 1.165) is 31.5 Å². The maximum absolute atomic E-state index is 12.0. The molecule has 0 aromatic heterocycles. The van der Waals surface area contributed by atoms with Gasteiger partial charge in [-0.3, -0.25) is 9.69 Å². The molecule has 0 saturated carbocycles. The number of Topliss-reactive ketones (excluding diaryl/α,β-unsaturated/α-hetero) is 1. The fourth-order valence-electron chi connectivity index (χ4n) is 2.25. The van der Waals surface area contributed by atoms with Crippen LogP contribution in [0.4, 0.5) is 0 Å². The Kier molecular flexibility index (Phi) is 4.29. The van der Waals surface area contributed by atoms with E-state index < -0.39 is 0 Å². The summed E-state index contributed by atoms with van der Waals surface area (Å²) in [4.78, 5) is 14.2. The number of hydrogen-bond acceptors (Lipinski definition) is 3. The lowest BCUT2D eigenvalue weighted by Gasteiger charge is -2.30. The summed E-state index contributed by atoms with van der Waals surface area (Å²) in [6.45, 7) is 2.62. The van der Waals surface area contributed by atoms with Crippen molar-refractivity contribution in [3.63, 3.8) is 0 Å². The van der Waals surface area contributed by atoms with E-state index in [1.807, 2.05) is 30.3 Å². The number of benzene rings is 1. The van der Waals surface area contributed by atoms with E-state index in [4.69, 9.17) is 5.11 Å². The third-order valence-corrected chi connectivity index (χ3v) is 3.43. The number of carbonyl (C=O) groups is 1. The third-order valence-electron chi connectivity index (χ3n) is 3.43. The van der Waals surface area contributed by atoms with E-state index in [1.54, 1.807) is 0 Å². The Morgan fingerprint density at radius 1 is 1.24 bits per heavy atom. The van der Waals surface area contributed by atoms with Gasteiger partial charge in [-0.2, -0.15) is 0 Å². The molecule has 92 valence electrons. The summed E-state index contributed by atoms with van der Waals surface area (Å²) in [5.74, 6) is 0.617. The monoisotopic (exact) mass is 233 g/mol. The molecule has 0 radical (unpaired) electrons. The molecule has 1 aromatic carbocycles. The van der Waals surface area contributed by atoms with Crippen LogP contribution in [0.1, 0.15) is 23.2 Å². The first-order chi connectivity index (χ1) is 8.29. The van der Waals surface area contributed by atoms with Gasteiger partial charge in [-0.1, -0.05) is 30.3 Å². The predicted octanol–water partition coefficient (Wildman–Crippen LogP) is 1.57. The summed E-state index contributed by atoms with van der Waals surface area (Å²) in [6, 6.07) is 9.44. The van der Waals surface area contributed by atoms with Crippen molar-refractivity contribution in [3.05, 3.63) is 35.9 Å². The molecule has 0 atom stereocenters. The Labute approximate surface area is 102 Å². The van der Waals surface area contributed by atoms with Gasteiger partial charge in [0.05, 0.1) is 6.54 Å². The third kappa shape index (κ3) is 3.38. The molecule has 0 amide bonds. The number of carbonyl (C=O) groups excluding carboxylic acids is 1. The minimum absolute atomic E-state index is 0.188. The molecule has 3 heteroatoms. The van der Waals surface area contributed by atoms with Crippen molar-refractivity contribution in [1.82, 2.24) is 4.90 Å². The highest BCUT2D eigenvalue weighted by atomic mass is 16.3. The molecule has 3 nitrogen and oxygen atoms in total. The van der Waals surface area contributed by atoms with Gasteiger partial charge >= 0.3 is 0 Å². The quantitative estimate of drug-likeness (QED) is 0.803. The van der Waals surface area contributed by atoms with Gasteiger partial charge in [-0.05, 0) is 31.8 Å². The standard InChI is InChI=1S/C14H19NO2/c16-11-12-6-8-15(9-7-12)10-14(17)13-4-2-1-3-5-13/h1-5,12,16H,6-11H2. The molecule has 1 fully saturated rings. The smallest absolute Gasteiger partial charge is 0.176 e. The van der Waals surface area contributed by atoms with Crippen LogP contribution in [0.2, 0.25) is 0 Å². The molecule has 1 N–H and O–H groups in total. The zero-order valence-electron chi connectivity index (χ0n) is 10.0. The zero-order chi connectivity index (χ0) is 12.1. The molecule has 1 aromatic rings. The highest BCUT2D eigenvalue weighted by molar-refractivity contribution is 5.97. The lowest BCUT2D eigenvalue weighted by atomic mass is 9.97. The van der Waals surface area contributed by atoms with Gasteiger partial charge in [-0.25, -0.2) is 0 Å². The normalized spacial score (nSPS) is 18.2. The fraction of sp³-hybridized carbons (Fsp3) is 0.500. The molecule has 0 unspecified atom stereocenters. The molecular formula is C14H19NO2. The molecule has 0 spiro atoms. The second kappa shape index (κ2) is 5.94. The molecular weight excluding hydrogens is 214 g/mol. The Balaban J connectivity index is 1.84. The fourth-order valence-corrected chi connectivity index (χ4v) is 2.25. The molecule has 17 heavy (non-hydrogen) atoms. The average Bonchev–Trinajstić information content (AvgIpc) is 2.40. The second-order valence-corrected chi connectivity index (χ2v) is 4.69. The van der Waals surface area contributed by atoms with Crippen molar-refractivity contribution in [2.24, 2.45) is 5.92 Å². The van der Waals surface area contributed by atoms with Crippen LogP contribution in [0.5, 0.6) is 0 Å². The minimum atomic E-state index is 0.188. The summed E-state index contributed by atoms with van der Waals surface area (Å²) in [5.41, 5.74) is 0.789. The maximum Gasteiger partial charge on any atom is 0.176 e. The number of ketones is 1. The number of aliphatic hydroxyl groups excluding tert-OH is 1. The molecule has 0 bridgehead atoms. The van der Waals surface area contributed by atoms with E-state index in [2.05, 4.69) is 4.90 Å². The number of rotatable bonds is 4. The predicted molar refractivity (Wildman–Crippen MR) is 67.0 cm³/mol. The number of hydrogen-bond donors (Lipinski definition) is 1. The highest BCUT2D eigenvalue weighted by Crippen LogP contribution is 2.16. The number of likely N-dealkylation sites (tertiary alicyclic amines) is 1. The zero-order valence-corrected chi connectivity index (χ0v) is 10.0. The van der Waals surface area contributed by atoms with E-state index in [-0.39, 0.29) is 12.4 Å². The largest absolute Gasteiger partial charge is 0.396 e. The summed E-state index contributed by atoms with van der Waals surface area (Å²) >= 11 is 0. The lowest BCUT2D eigenvalue weighted by molar-refractivity contribution is 0.0864. The highest BCUT2D eigenvalue weighted by Gasteiger charge is 2.20. The van der Waals surface area contributed by atoms with Crippen LogP contribution in [0.3, 0.4) is 0 Å². The summed E-state index contributed by atoms with van der Waals surface area (Å²) in [6.07, 6.45) is 2.00. The molecule has 1 saturated heterocycles. The summed E-state index contributed by atoms with van der Waals surface area (Å²) in [7, 11) is 0. The Morgan fingerprint density at radius 2 is 1.88 bits per heavy atom. The number of piperidine rings is 1. The van der Waals surface area contributed by atoms with Gasteiger partial charge in [0.1, 0.15) is 0 Å². The lowest BCUT2D eigenvalue weighted by Crippen LogP contribution is -2.38. The SMILES string of the molecule is O=C(CN1CCC(CO)CC1)c1ccccc1. The van der Waals surface area contributed by atoms with Crippen molar-refractivity contribution < 1.29 is 9.90 Å². The molecule has 0 aliphatic carbocycles. The van der Waals surface area contributed by atoms with Crippen LogP contribution < -0.4 is 0 Å². The van der Waals surface area contributed by atoms with Crippen LogP contribution in [-0.4, -0.2) is 42.0 Å². The summed E-state index contributed by atoms with van der Waals surface area (Å²) in [5, 5.41) is 9.05. The molecule has 1 aliphatic rings. The van der Waals surface area contributed by atoms with E-state index >= 15 is 0 Å². The van der Waals surface area contributed by atoms with Crippen LogP contribution in [0.25, 0.3) is 0 Å². The van der Waals surface area contributed by atoms with Crippen LogP contribution >= 0.6 is 0 Å². The maximum atomic E-state index is 12.0.